The third kappa shape index (κ3) is 3.71. The van der Waals surface area contributed by atoms with E-state index in [4.69, 9.17) is 4.74 Å². The molecule has 5 nitrogen and oxygen atoms in total. The minimum atomic E-state index is -0.181. The van der Waals surface area contributed by atoms with Crippen LogP contribution in [0.5, 0.6) is 5.88 Å². The van der Waals surface area contributed by atoms with Crippen LogP contribution in [-0.4, -0.2) is 41.1 Å². The van der Waals surface area contributed by atoms with E-state index in [9.17, 15) is 4.39 Å². The Morgan fingerprint density at radius 3 is 3.09 bits per heavy atom. The van der Waals surface area contributed by atoms with Gasteiger partial charge in [0.2, 0.25) is 5.88 Å². The summed E-state index contributed by atoms with van der Waals surface area (Å²) < 4.78 is 18.3. The lowest BCUT2D eigenvalue weighted by Crippen LogP contribution is -2.26. The number of hydrogen-bond donors (Lipinski definition) is 1. The Morgan fingerprint density at radius 1 is 1.36 bits per heavy atom. The minimum absolute atomic E-state index is 0.181. The fourth-order valence-corrected chi connectivity index (χ4v) is 2.73. The summed E-state index contributed by atoms with van der Waals surface area (Å²) in [4.78, 5) is 10.5. The molecule has 2 aromatic rings. The predicted octanol–water partition coefficient (Wildman–Crippen LogP) is 2.31. The Labute approximate surface area is 129 Å². The highest BCUT2D eigenvalue weighted by Crippen LogP contribution is 2.18. The molecule has 1 atom stereocenters. The lowest BCUT2D eigenvalue weighted by molar-refractivity contribution is 0.328. The van der Waals surface area contributed by atoms with Gasteiger partial charge in [-0.1, -0.05) is 12.1 Å². The molecule has 0 radical (unpaired) electrons. The van der Waals surface area contributed by atoms with E-state index < -0.39 is 0 Å². The van der Waals surface area contributed by atoms with Crippen molar-refractivity contribution in [2.24, 2.45) is 0 Å². The third-order valence-electron chi connectivity index (χ3n) is 3.77. The largest absolute Gasteiger partial charge is 0.481 e. The van der Waals surface area contributed by atoms with E-state index in [2.05, 4.69) is 20.2 Å². The molecular formula is C16H19FN4O. The van der Waals surface area contributed by atoms with Crippen LogP contribution in [0.4, 0.5) is 10.2 Å². The molecule has 1 fully saturated rings. The Kier molecular flexibility index (Phi) is 4.48. The van der Waals surface area contributed by atoms with E-state index >= 15 is 0 Å². The van der Waals surface area contributed by atoms with Crippen LogP contribution in [0.2, 0.25) is 0 Å². The topological polar surface area (TPSA) is 50.3 Å². The highest BCUT2D eigenvalue weighted by atomic mass is 19.1. The number of hydrogen-bond acceptors (Lipinski definition) is 5. The average Bonchev–Trinajstić information content (AvgIpc) is 2.94. The number of ether oxygens (including phenoxy) is 1. The summed E-state index contributed by atoms with van der Waals surface area (Å²) in [6.45, 7) is 2.66. The number of anilines is 1. The molecular weight excluding hydrogens is 283 g/mol. The second-order valence-electron chi connectivity index (χ2n) is 5.44. The van der Waals surface area contributed by atoms with E-state index in [0.29, 0.717) is 11.9 Å². The highest BCUT2D eigenvalue weighted by molar-refractivity contribution is 5.38. The lowest BCUT2D eigenvalue weighted by Gasteiger charge is -2.17. The first-order chi connectivity index (χ1) is 10.7. The smallest absolute Gasteiger partial charge is 0.218 e. The SMILES string of the molecule is COc1cc(NC2CCN(Cc3cccc(F)c3)C2)ncn1. The highest BCUT2D eigenvalue weighted by Gasteiger charge is 2.22. The van der Waals surface area contributed by atoms with Crippen molar-refractivity contribution in [2.45, 2.75) is 19.0 Å². The van der Waals surface area contributed by atoms with Crippen molar-refractivity contribution in [1.29, 1.82) is 0 Å². The zero-order chi connectivity index (χ0) is 15.4. The quantitative estimate of drug-likeness (QED) is 0.918. The molecule has 1 unspecified atom stereocenters. The predicted molar refractivity (Wildman–Crippen MR) is 82.3 cm³/mol. The molecule has 0 bridgehead atoms. The number of methoxy groups -OCH3 is 1. The van der Waals surface area contributed by atoms with Crippen molar-refractivity contribution in [3.63, 3.8) is 0 Å². The summed E-state index contributed by atoms with van der Waals surface area (Å²) in [5.74, 6) is 1.14. The molecule has 3 rings (SSSR count). The van der Waals surface area contributed by atoms with E-state index in [1.807, 2.05) is 6.07 Å². The van der Waals surface area contributed by atoms with Gasteiger partial charge in [-0.15, -0.1) is 0 Å². The Bertz CT molecular complexity index is 637. The maximum absolute atomic E-state index is 13.2. The molecule has 1 N–H and O–H groups in total. The summed E-state index contributed by atoms with van der Waals surface area (Å²) in [7, 11) is 1.59. The van der Waals surface area contributed by atoms with Crippen LogP contribution in [0.15, 0.2) is 36.7 Å². The molecule has 0 aliphatic carbocycles. The summed E-state index contributed by atoms with van der Waals surface area (Å²) in [5, 5.41) is 3.40. The number of rotatable bonds is 5. The fraction of sp³-hybridized carbons (Fsp3) is 0.375. The maximum atomic E-state index is 13.2. The van der Waals surface area contributed by atoms with Crippen molar-refractivity contribution in [3.05, 3.63) is 48.0 Å². The van der Waals surface area contributed by atoms with E-state index in [1.165, 1.54) is 12.4 Å². The van der Waals surface area contributed by atoms with E-state index in [-0.39, 0.29) is 5.82 Å². The summed E-state index contributed by atoms with van der Waals surface area (Å²) in [6, 6.07) is 8.89. The third-order valence-corrected chi connectivity index (χ3v) is 3.77. The lowest BCUT2D eigenvalue weighted by atomic mass is 10.2. The monoisotopic (exact) mass is 302 g/mol. The molecule has 22 heavy (non-hydrogen) atoms. The number of nitrogens with zero attached hydrogens (tertiary/aromatic N) is 3. The van der Waals surface area contributed by atoms with Gasteiger partial charge >= 0.3 is 0 Å². The Hall–Kier alpha value is -2.21. The summed E-state index contributed by atoms with van der Waals surface area (Å²) >= 11 is 0. The molecule has 116 valence electrons. The van der Waals surface area contributed by atoms with E-state index in [1.54, 1.807) is 25.3 Å². The van der Waals surface area contributed by atoms with Gasteiger partial charge < -0.3 is 10.1 Å². The molecule has 0 spiro atoms. The first-order valence-electron chi connectivity index (χ1n) is 7.32. The molecule has 1 aromatic heterocycles. The van der Waals surface area contributed by atoms with Crippen molar-refractivity contribution >= 4 is 5.82 Å². The minimum Gasteiger partial charge on any atom is -0.481 e. The summed E-state index contributed by atoms with van der Waals surface area (Å²) in [6.07, 6.45) is 2.52. The summed E-state index contributed by atoms with van der Waals surface area (Å²) in [5.41, 5.74) is 1.00. The van der Waals surface area contributed by atoms with Crippen LogP contribution in [0.3, 0.4) is 0 Å². The first-order valence-corrected chi connectivity index (χ1v) is 7.32. The molecule has 1 aliphatic rings. The molecule has 2 heterocycles. The van der Waals surface area contributed by atoms with Gasteiger partial charge in [0.25, 0.3) is 0 Å². The Balaban J connectivity index is 1.55. The van der Waals surface area contributed by atoms with Crippen LogP contribution >= 0.6 is 0 Å². The van der Waals surface area contributed by atoms with Crippen molar-refractivity contribution in [3.8, 4) is 5.88 Å². The first kappa shape index (κ1) is 14.7. The van der Waals surface area contributed by atoms with Crippen LogP contribution < -0.4 is 10.1 Å². The number of likely N-dealkylation sites (tertiary alicyclic amines) is 1. The van der Waals surface area contributed by atoms with Gasteiger partial charge in [-0.05, 0) is 24.1 Å². The molecule has 1 saturated heterocycles. The van der Waals surface area contributed by atoms with Gasteiger partial charge in [0.1, 0.15) is 18.0 Å². The van der Waals surface area contributed by atoms with Gasteiger partial charge in [0.05, 0.1) is 7.11 Å². The number of benzene rings is 1. The molecule has 0 saturated carbocycles. The number of aromatic nitrogens is 2. The second kappa shape index (κ2) is 6.70. The van der Waals surface area contributed by atoms with Crippen LogP contribution in [0, 0.1) is 5.82 Å². The molecule has 6 heteroatoms. The van der Waals surface area contributed by atoms with Gasteiger partial charge in [0, 0.05) is 31.7 Å². The van der Waals surface area contributed by atoms with Crippen LogP contribution in [-0.2, 0) is 6.54 Å². The standard InChI is InChI=1S/C16H19FN4O/c1-22-16-8-15(18-11-19-16)20-14-5-6-21(10-14)9-12-3-2-4-13(17)7-12/h2-4,7-8,11,14H,5-6,9-10H2,1H3,(H,18,19,20). The van der Waals surface area contributed by atoms with Gasteiger partial charge in [-0.25, -0.2) is 14.4 Å². The molecule has 1 aromatic carbocycles. The number of halogens is 1. The number of nitrogens with one attached hydrogen (secondary N) is 1. The van der Waals surface area contributed by atoms with Crippen LogP contribution in [0.1, 0.15) is 12.0 Å². The van der Waals surface area contributed by atoms with Crippen LogP contribution in [0.25, 0.3) is 0 Å². The maximum Gasteiger partial charge on any atom is 0.218 e. The zero-order valence-corrected chi connectivity index (χ0v) is 12.5. The van der Waals surface area contributed by atoms with E-state index in [0.717, 1.165) is 37.4 Å². The average molecular weight is 302 g/mol. The normalized spacial score (nSPS) is 18.4. The van der Waals surface area contributed by atoms with Crippen molar-refractivity contribution in [2.75, 3.05) is 25.5 Å². The van der Waals surface area contributed by atoms with Gasteiger partial charge in [-0.2, -0.15) is 0 Å². The Morgan fingerprint density at radius 2 is 2.27 bits per heavy atom. The van der Waals surface area contributed by atoms with Gasteiger partial charge in [-0.3, -0.25) is 4.90 Å². The molecule has 0 amide bonds. The zero-order valence-electron chi connectivity index (χ0n) is 12.5. The fourth-order valence-electron chi connectivity index (χ4n) is 2.73. The van der Waals surface area contributed by atoms with Gasteiger partial charge in [0.15, 0.2) is 0 Å². The van der Waals surface area contributed by atoms with Crippen molar-refractivity contribution in [1.82, 2.24) is 14.9 Å². The van der Waals surface area contributed by atoms with Crippen molar-refractivity contribution < 1.29 is 9.13 Å². The second-order valence-corrected chi connectivity index (χ2v) is 5.44. The molecule has 1 aliphatic heterocycles.